The molecule has 0 bridgehead atoms. The average Bonchev–Trinajstić information content (AvgIpc) is 2.60. The molecule has 0 saturated heterocycles. The summed E-state index contributed by atoms with van der Waals surface area (Å²) in [6.45, 7) is 0. The number of ether oxygens (including phenoxy) is 2. The fourth-order valence-corrected chi connectivity index (χ4v) is 3.53. The van der Waals surface area contributed by atoms with Crippen LogP contribution in [0.25, 0.3) is 0 Å². The quantitative estimate of drug-likeness (QED) is 0.590. The Kier molecular flexibility index (Phi) is 5.53. The van der Waals surface area contributed by atoms with Crippen LogP contribution in [0.3, 0.4) is 0 Å². The number of carbonyl (C=O) groups is 2. The van der Waals surface area contributed by atoms with Crippen molar-refractivity contribution in [3.63, 3.8) is 0 Å². The van der Waals surface area contributed by atoms with Gasteiger partial charge < -0.3 is 9.47 Å². The van der Waals surface area contributed by atoms with E-state index in [2.05, 4.69) is 10.2 Å². The van der Waals surface area contributed by atoms with E-state index in [1.807, 2.05) is 0 Å². The molecule has 0 heterocycles. The Morgan fingerprint density at radius 2 is 1.00 bits per heavy atom. The Hall–Kier alpha value is -1.46. The summed E-state index contributed by atoms with van der Waals surface area (Å²) in [7, 11) is 2.76. The lowest BCUT2D eigenvalue weighted by atomic mass is 9.81. The molecule has 2 rings (SSSR count). The zero-order valence-corrected chi connectivity index (χ0v) is 13.6. The van der Waals surface area contributed by atoms with E-state index >= 15 is 0 Å². The zero-order valence-electron chi connectivity index (χ0n) is 13.6. The molecule has 0 atom stereocenters. The lowest BCUT2D eigenvalue weighted by Gasteiger charge is -2.33. The monoisotopic (exact) mass is 310 g/mol. The van der Waals surface area contributed by atoms with Crippen molar-refractivity contribution in [3.8, 4) is 0 Å². The minimum atomic E-state index is -0.911. The van der Waals surface area contributed by atoms with Gasteiger partial charge in [0, 0.05) is 0 Å². The molecule has 0 aromatic rings. The summed E-state index contributed by atoms with van der Waals surface area (Å²) in [5, 5.41) is 8.80. The van der Waals surface area contributed by atoms with Crippen molar-refractivity contribution in [1.82, 2.24) is 0 Å². The fraction of sp³-hybridized carbons (Fsp3) is 0.875. The summed E-state index contributed by atoms with van der Waals surface area (Å²) in [6.07, 6.45) is 8.46. The van der Waals surface area contributed by atoms with Gasteiger partial charge in [-0.25, -0.2) is 9.59 Å². The SMILES string of the molecule is COC(=O)C1(N=NC2(C(=O)OC)CCCCC2)CCCCC1. The molecule has 6 nitrogen and oxygen atoms in total. The van der Waals surface area contributed by atoms with E-state index in [4.69, 9.17) is 9.47 Å². The van der Waals surface area contributed by atoms with Crippen LogP contribution < -0.4 is 0 Å². The summed E-state index contributed by atoms with van der Waals surface area (Å²) < 4.78 is 9.89. The standard InChI is InChI=1S/C16H26N2O4/c1-21-13(19)15(9-5-3-6-10-15)17-18-16(14(20)22-2)11-7-4-8-12-16/h3-12H2,1-2H3. The molecule has 2 aliphatic carbocycles. The second-order valence-corrected chi connectivity index (χ2v) is 6.37. The second-order valence-electron chi connectivity index (χ2n) is 6.37. The number of rotatable bonds is 4. The van der Waals surface area contributed by atoms with Gasteiger partial charge in [-0.3, -0.25) is 0 Å². The Balaban J connectivity index is 2.27. The van der Waals surface area contributed by atoms with E-state index in [9.17, 15) is 9.59 Å². The minimum Gasteiger partial charge on any atom is -0.467 e. The van der Waals surface area contributed by atoms with Gasteiger partial charge >= 0.3 is 11.9 Å². The Bertz CT molecular complexity index is 395. The summed E-state index contributed by atoms with van der Waals surface area (Å²) in [5.41, 5.74) is -1.82. The summed E-state index contributed by atoms with van der Waals surface area (Å²) in [4.78, 5) is 24.4. The Morgan fingerprint density at radius 3 is 1.27 bits per heavy atom. The molecule has 0 aliphatic heterocycles. The van der Waals surface area contributed by atoms with E-state index < -0.39 is 11.1 Å². The van der Waals surface area contributed by atoms with Crippen LogP contribution in [0.15, 0.2) is 10.2 Å². The largest absolute Gasteiger partial charge is 0.467 e. The number of hydrogen-bond acceptors (Lipinski definition) is 6. The molecule has 0 unspecified atom stereocenters. The van der Waals surface area contributed by atoms with Crippen molar-refractivity contribution in [2.75, 3.05) is 14.2 Å². The summed E-state index contributed by atoms with van der Waals surface area (Å²) in [5.74, 6) is -0.682. The first-order valence-electron chi connectivity index (χ1n) is 8.19. The number of methoxy groups -OCH3 is 2. The van der Waals surface area contributed by atoms with Gasteiger partial charge in [0.05, 0.1) is 14.2 Å². The van der Waals surface area contributed by atoms with Crippen LogP contribution in [0, 0.1) is 0 Å². The zero-order chi connectivity index (χ0) is 16.1. The van der Waals surface area contributed by atoms with Crippen molar-refractivity contribution in [2.24, 2.45) is 10.2 Å². The molecule has 2 fully saturated rings. The van der Waals surface area contributed by atoms with Crippen LogP contribution in [0.1, 0.15) is 64.2 Å². The predicted octanol–water partition coefficient (Wildman–Crippen LogP) is 3.19. The van der Waals surface area contributed by atoms with E-state index in [0.717, 1.165) is 38.5 Å². The van der Waals surface area contributed by atoms with Gasteiger partial charge in [0.1, 0.15) is 0 Å². The lowest BCUT2D eigenvalue weighted by Crippen LogP contribution is -2.43. The number of hydrogen-bond donors (Lipinski definition) is 0. The van der Waals surface area contributed by atoms with Crippen LogP contribution in [-0.4, -0.2) is 37.2 Å². The smallest absolute Gasteiger partial charge is 0.335 e. The topological polar surface area (TPSA) is 77.3 Å². The van der Waals surface area contributed by atoms with Gasteiger partial charge in [0.25, 0.3) is 0 Å². The van der Waals surface area contributed by atoms with Crippen LogP contribution in [-0.2, 0) is 19.1 Å². The van der Waals surface area contributed by atoms with Crippen molar-refractivity contribution >= 4 is 11.9 Å². The summed E-state index contributed by atoms with van der Waals surface area (Å²) >= 11 is 0. The third-order valence-electron chi connectivity index (χ3n) is 4.92. The van der Waals surface area contributed by atoms with Gasteiger partial charge in [0.15, 0.2) is 11.1 Å². The van der Waals surface area contributed by atoms with Crippen LogP contribution in [0.4, 0.5) is 0 Å². The maximum Gasteiger partial charge on any atom is 0.335 e. The first-order valence-corrected chi connectivity index (χ1v) is 8.19. The van der Waals surface area contributed by atoms with E-state index in [1.165, 1.54) is 14.2 Å². The van der Waals surface area contributed by atoms with Crippen molar-refractivity contribution in [2.45, 2.75) is 75.3 Å². The molecule has 2 aliphatic rings. The van der Waals surface area contributed by atoms with Crippen molar-refractivity contribution in [1.29, 1.82) is 0 Å². The van der Waals surface area contributed by atoms with Crippen LogP contribution >= 0.6 is 0 Å². The highest BCUT2D eigenvalue weighted by Gasteiger charge is 2.45. The molecular weight excluding hydrogens is 284 g/mol. The molecule has 2 saturated carbocycles. The molecule has 0 aromatic carbocycles. The first kappa shape index (κ1) is 16.9. The van der Waals surface area contributed by atoms with Gasteiger partial charge in [-0.1, -0.05) is 38.5 Å². The molecule has 0 radical (unpaired) electrons. The van der Waals surface area contributed by atoms with Gasteiger partial charge in [-0.05, 0) is 25.7 Å². The average molecular weight is 310 g/mol. The number of carbonyl (C=O) groups excluding carboxylic acids is 2. The molecule has 0 spiro atoms. The fourth-order valence-electron chi connectivity index (χ4n) is 3.53. The highest BCUT2D eigenvalue weighted by molar-refractivity contribution is 5.82. The first-order chi connectivity index (χ1) is 10.6. The van der Waals surface area contributed by atoms with E-state index in [1.54, 1.807) is 0 Å². The minimum absolute atomic E-state index is 0.341. The predicted molar refractivity (Wildman–Crippen MR) is 80.5 cm³/mol. The normalized spacial score (nSPS) is 23.9. The lowest BCUT2D eigenvalue weighted by molar-refractivity contribution is -0.151. The third-order valence-corrected chi connectivity index (χ3v) is 4.92. The highest BCUT2D eigenvalue weighted by atomic mass is 16.5. The maximum atomic E-state index is 12.2. The molecule has 22 heavy (non-hydrogen) atoms. The third kappa shape index (κ3) is 3.31. The number of azo groups is 1. The molecule has 0 amide bonds. The Morgan fingerprint density at radius 1 is 0.682 bits per heavy atom. The summed E-state index contributed by atoms with van der Waals surface area (Å²) in [6, 6.07) is 0. The van der Waals surface area contributed by atoms with E-state index in [-0.39, 0.29) is 11.9 Å². The van der Waals surface area contributed by atoms with Crippen LogP contribution in [0.2, 0.25) is 0 Å². The number of nitrogens with zero attached hydrogens (tertiary/aromatic N) is 2. The second kappa shape index (κ2) is 7.20. The molecule has 124 valence electrons. The molecule has 0 N–H and O–H groups in total. The van der Waals surface area contributed by atoms with Crippen molar-refractivity contribution in [3.05, 3.63) is 0 Å². The highest BCUT2D eigenvalue weighted by Crippen LogP contribution is 2.38. The molecular formula is C16H26N2O4. The molecule has 6 heteroatoms. The van der Waals surface area contributed by atoms with Crippen molar-refractivity contribution < 1.29 is 19.1 Å². The maximum absolute atomic E-state index is 12.2. The van der Waals surface area contributed by atoms with Gasteiger partial charge in [-0.15, -0.1) is 0 Å². The van der Waals surface area contributed by atoms with Gasteiger partial charge in [0.2, 0.25) is 0 Å². The number of esters is 2. The molecule has 0 aromatic heterocycles. The van der Waals surface area contributed by atoms with Crippen LogP contribution in [0.5, 0.6) is 0 Å². The van der Waals surface area contributed by atoms with Gasteiger partial charge in [-0.2, -0.15) is 10.2 Å². The Labute approximate surface area is 131 Å². The van der Waals surface area contributed by atoms with E-state index in [0.29, 0.717) is 25.7 Å².